The van der Waals surface area contributed by atoms with Crippen LogP contribution in [0.15, 0.2) is 46.9 Å². The van der Waals surface area contributed by atoms with Gasteiger partial charge in [-0.25, -0.2) is 0 Å². The van der Waals surface area contributed by atoms with E-state index in [0.29, 0.717) is 17.9 Å². The third-order valence-corrected chi connectivity index (χ3v) is 3.91. The highest BCUT2D eigenvalue weighted by Gasteiger charge is 2.09. The lowest BCUT2D eigenvalue weighted by Gasteiger charge is -2.12. The quantitative estimate of drug-likeness (QED) is 0.866. The van der Waals surface area contributed by atoms with Crippen LogP contribution in [0.4, 0.5) is 0 Å². The van der Waals surface area contributed by atoms with Crippen LogP contribution in [0.2, 0.25) is 5.02 Å². The molecule has 2 aromatic rings. The van der Waals surface area contributed by atoms with E-state index in [0.717, 1.165) is 15.6 Å². The van der Waals surface area contributed by atoms with E-state index in [1.165, 1.54) is 5.56 Å². The van der Waals surface area contributed by atoms with Gasteiger partial charge in [0.05, 0.1) is 6.10 Å². The van der Waals surface area contributed by atoms with Gasteiger partial charge in [-0.3, -0.25) is 0 Å². The topological polar surface area (TPSA) is 20.2 Å². The van der Waals surface area contributed by atoms with Crippen LogP contribution in [0.5, 0.6) is 0 Å². The summed E-state index contributed by atoms with van der Waals surface area (Å²) < 4.78 is 0.953. The van der Waals surface area contributed by atoms with Gasteiger partial charge in [-0.15, -0.1) is 0 Å². The summed E-state index contributed by atoms with van der Waals surface area (Å²) in [4.78, 5) is 0. The number of hydrogen-bond acceptors (Lipinski definition) is 1. The molecule has 2 aromatic carbocycles. The molecule has 0 aliphatic carbocycles. The molecule has 0 bridgehead atoms. The summed E-state index contributed by atoms with van der Waals surface area (Å²) in [5.74, 6) is 0. The Labute approximate surface area is 127 Å². The highest BCUT2D eigenvalue weighted by molar-refractivity contribution is 9.10. The largest absolute Gasteiger partial charge is 0.392 e. The van der Waals surface area contributed by atoms with Crippen molar-refractivity contribution in [1.29, 1.82) is 0 Å². The smallest absolute Gasteiger partial charge is 0.0621 e. The number of aliphatic hydroxyl groups is 1. The van der Waals surface area contributed by atoms with Gasteiger partial charge in [-0.05, 0) is 36.6 Å². The summed E-state index contributed by atoms with van der Waals surface area (Å²) in [7, 11) is 0. The van der Waals surface area contributed by atoms with Gasteiger partial charge in [0.15, 0.2) is 0 Å². The normalized spacial score (nSPS) is 12.4. The van der Waals surface area contributed by atoms with Crippen LogP contribution in [0, 0.1) is 6.92 Å². The zero-order valence-electron chi connectivity index (χ0n) is 10.7. The van der Waals surface area contributed by atoms with Crippen molar-refractivity contribution in [1.82, 2.24) is 0 Å². The van der Waals surface area contributed by atoms with E-state index in [1.807, 2.05) is 18.2 Å². The van der Waals surface area contributed by atoms with E-state index in [1.54, 1.807) is 0 Å². The van der Waals surface area contributed by atoms with Gasteiger partial charge >= 0.3 is 0 Å². The van der Waals surface area contributed by atoms with Gasteiger partial charge in [0, 0.05) is 15.9 Å². The number of hydrogen-bond donors (Lipinski definition) is 1. The standard InChI is InChI=1S/C16H16BrClO/c1-11-2-4-12(5-3-11)8-15(19)9-13-6-7-14(17)10-16(13)18/h2-7,10,15,19H,8-9H2,1H3. The van der Waals surface area contributed by atoms with Crippen LogP contribution in [0.25, 0.3) is 0 Å². The van der Waals surface area contributed by atoms with E-state index >= 15 is 0 Å². The molecule has 0 heterocycles. The molecule has 0 saturated carbocycles. The lowest BCUT2D eigenvalue weighted by Crippen LogP contribution is -2.14. The predicted octanol–water partition coefficient (Wildman–Crippen LogP) is 4.56. The summed E-state index contributed by atoms with van der Waals surface area (Å²) in [6.07, 6.45) is 0.800. The molecule has 3 heteroatoms. The molecule has 0 amide bonds. The minimum Gasteiger partial charge on any atom is -0.392 e. The summed E-state index contributed by atoms with van der Waals surface area (Å²) in [6.45, 7) is 2.06. The van der Waals surface area contributed by atoms with Crippen LogP contribution >= 0.6 is 27.5 Å². The molecular weight excluding hydrogens is 324 g/mol. The van der Waals surface area contributed by atoms with Crippen molar-refractivity contribution >= 4 is 27.5 Å². The van der Waals surface area contributed by atoms with Crippen molar-refractivity contribution in [3.8, 4) is 0 Å². The van der Waals surface area contributed by atoms with E-state index in [9.17, 15) is 5.11 Å². The van der Waals surface area contributed by atoms with Crippen LogP contribution in [0.1, 0.15) is 16.7 Å². The van der Waals surface area contributed by atoms with Crippen LogP contribution in [-0.2, 0) is 12.8 Å². The zero-order valence-corrected chi connectivity index (χ0v) is 13.1. The Bertz CT molecular complexity index is 551. The highest BCUT2D eigenvalue weighted by Crippen LogP contribution is 2.23. The molecular formula is C16H16BrClO. The average molecular weight is 340 g/mol. The Kier molecular flexibility index (Phi) is 5.03. The molecule has 100 valence electrons. The molecule has 0 radical (unpaired) electrons. The number of benzene rings is 2. The summed E-state index contributed by atoms with van der Waals surface area (Å²) in [5.41, 5.74) is 3.35. The molecule has 0 spiro atoms. The van der Waals surface area contributed by atoms with Crippen molar-refractivity contribution in [2.24, 2.45) is 0 Å². The third kappa shape index (κ3) is 4.34. The fraction of sp³-hybridized carbons (Fsp3) is 0.250. The van der Waals surface area contributed by atoms with Crippen molar-refractivity contribution in [3.63, 3.8) is 0 Å². The summed E-state index contributed by atoms with van der Waals surface area (Å²) >= 11 is 9.53. The first-order valence-corrected chi connectivity index (χ1v) is 7.39. The second kappa shape index (κ2) is 6.56. The first-order chi connectivity index (χ1) is 9.04. The summed E-state index contributed by atoms with van der Waals surface area (Å²) in [6, 6.07) is 14.0. The zero-order chi connectivity index (χ0) is 13.8. The van der Waals surface area contributed by atoms with E-state index in [-0.39, 0.29) is 0 Å². The van der Waals surface area contributed by atoms with Crippen molar-refractivity contribution in [3.05, 3.63) is 68.7 Å². The minimum atomic E-state index is -0.415. The molecule has 0 aromatic heterocycles. The molecule has 1 atom stereocenters. The van der Waals surface area contributed by atoms with Crippen LogP contribution < -0.4 is 0 Å². The molecule has 1 nitrogen and oxygen atoms in total. The first kappa shape index (κ1) is 14.6. The maximum atomic E-state index is 10.1. The minimum absolute atomic E-state index is 0.415. The summed E-state index contributed by atoms with van der Waals surface area (Å²) in [5, 5.41) is 10.8. The highest BCUT2D eigenvalue weighted by atomic mass is 79.9. The lowest BCUT2D eigenvalue weighted by atomic mass is 10.0. The Hall–Kier alpha value is -0.830. The molecule has 0 aliphatic heterocycles. The van der Waals surface area contributed by atoms with E-state index < -0.39 is 6.10 Å². The predicted molar refractivity (Wildman–Crippen MR) is 83.7 cm³/mol. The van der Waals surface area contributed by atoms with Gasteiger partial charge in [-0.1, -0.05) is 63.4 Å². The van der Waals surface area contributed by atoms with Crippen LogP contribution in [0.3, 0.4) is 0 Å². The molecule has 0 fully saturated rings. The second-order valence-corrected chi connectivity index (χ2v) is 6.11. The average Bonchev–Trinajstić information content (AvgIpc) is 2.36. The monoisotopic (exact) mass is 338 g/mol. The Morgan fingerprint density at radius 3 is 2.42 bits per heavy atom. The molecule has 0 aliphatic rings. The first-order valence-electron chi connectivity index (χ1n) is 6.22. The Balaban J connectivity index is 2.01. The molecule has 2 rings (SSSR count). The number of aliphatic hydroxyl groups excluding tert-OH is 1. The van der Waals surface area contributed by atoms with Gasteiger partial charge < -0.3 is 5.11 Å². The van der Waals surface area contributed by atoms with Crippen molar-refractivity contribution in [2.45, 2.75) is 25.9 Å². The Morgan fingerprint density at radius 2 is 1.79 bits per heavy atom. The SMILES string of the molecule is Cc1ccc(CC(O)Cc2ccc(Br)cc2Cl)cc1. The van der Waals surface area contributed by atoms with Gasteiger partial charge in [0.25, 0.3) is 0 Å². The van der Waals surface area contributed by atoms with Crippen molar-refractivity contribution in [2.75, 3.05) is 0 Å². The van der Waals surface area contributed by atoms with E-state index in [4.69, 9.17) is 11.6 Å². The maximum absolute atomic E-state index is 10.1. The fourth-order valence-corrected chi connectivity index (χ4v) is 2.76. The van der Waals surface area contributed by atoms with Gasteiger partial charge in [0.1, 0.15) is 0 Å². The fourth-order valence-electron chi connectivity index (χ4n) is 2.01. The Morgan fingerprint density at radius 1 is 1.11 bits per heavy atom. The second-order valence-electron chi connectivity index (χ2n) is 4.78. The van der Waals surface area contributed by atoms with Crippen molar-refractivity contribution < 1.29 is 5.11 Å². The van der Waals surface area contributed by atoms with E-state index in [2.05, 4.69) is 47.1 Å². The molecule has 19 heavy (non-hydrogen) atoms. The maximum Gasteiger partial charge on any atom is 0.0621 e. The third-order valence-electron chi connectivity index (χ3n) is 3.06. The molecule has 0 saturated heterocycles. The van der Waals surface area contributed by atoms with Crippen LogP contribution in [-0.4, -0.2) is 11.2 Å². The van der Waals surface area contributed by atoms with Gasteiger partial charge in [0.2, 0.25) is 0 Å². The number of halogens is 2. The molecule has 1 N–H and O–H groups in total. The number of aryl methyl sites for hydroxylation is 1. The number of rotatable bonds is 4. The lowest BCUT2D eigenvalue weighted by molar-refractivity contribution is 0.175. The van der Waals surface area contributed by atoms with Gasteiger partial charge in [-0.2, -0.15) is 0 Å². The molecule has 1 unspecified atom stereocenters.